The number of nitrogens with one attached hydrogen (secondary N) is 1. The number of aromatic nitrogens is 4. The van der Waals surface area contributed by atoms with E-state index in [0.29, 0.717) is 5.82 Å². The Labute approximate surface area is 107 Å². The van der Waals surface area contributed by atoms with Crippen LogP contribution in [0.4, 0.5) is 5.82 Å². The molecule has 2 aromatic heterocycles. The summed E-state index contributed by atoms with van der Waals surface area (Å²) in [4.78, 5) is 8.34. The molecule has 3 N–H and O–H groups in total. The van der Waals surface area contributed by atoms with E-state index in [9.17, 15) is 0 Å². The predicted molar refractivity (Wildman–Crippen MR) is 68.0 cm³/mol. The molecule has 0 aromatic carbocycles. The third-order valence-corrected chi connectivity index (χ3v) is 4.02. The number of nitrogens with zero attached hydrogens (tertiary/aromatic N) is 4. The summed E-state index contributed by atoms with van der Waals surface area (Å²) in [6.45, 7) is 3.96. The fourth-order valence-electron chi connectivity index (χ4n) is 1.33. The number of hydrazine groups is 1. The molecule has 0 fully saturated rings. The van der Waals surface area contributed by atoms with Crippen molar-refractivity contribution in [1.29, 1.82) is 0 Å². The molecule has 0 aliphatic heterocycles. The second-order valence-corrected chi connectivity index (χ2v) is 5.61. The Morgan fingerprint density at radius 2 is 2.24 bits per heavy atom. The quantitative estimate of drug-likeness (QED) is 0.495. The zero-order chi connectivity index (χ0) is 12.3. The SMILES string of the molecule is CCc1c(NN)ncnc1Sc1nnc(C)s1. The maximum absolute atomic E-state index is 5.42. The van der Waals surface area contributed by atoms with E-state index in [1.807, 2.05) is 13.8 Å². The lowest BCUT2D eigenvalue weighted by molar-refractivity contribution is 0.933. The van der Waals surface area contributed by atoms with Crippen LogP contribution in [0.25, 0.3) is 0 Å². The van der Waals surface area contributed by atoms with E-state index in [1.165, 1.54) is 18.1 Å². The van der Waals surface area contributed by atoms with Gasteiger partial charge in [0.25, 0.3) is 0 Å². The average Bonchev–Trinajstić information content (AvgIpc) is 2.74. The van der Waals surface area contributed by atoms with Gasteiger partial charge in [-0.05, 0) is 25.1 Å². The summed E-state index contributed by atoms with van der Waals surface area (Å²) in [5.41, 5.74) is 3.57. The van der Waals surface area contributed by atoms with Crippen molar-refractivity contribution in [3.05, 3.63) is 16.9 Å². The van der Waals surface area contributed by atoms with E-state index in [4.69, 9.17) is 5.84 Å². The van der Waals surface area contributed by atoms with Gasteiger partial charge in [0.15, 0.2) is 4.34 Å². The highest BCUT2D eigenvalue weighted by molar-refractivity contribution is 8.01. The summed E-state index contributed by atoms with van der Waals surface area (Å²) in [6.07, 6.45) is 2.30. The van der Waals surface area contributed by atoms with Gasteiger partial charge in [-0.3, -0.25) is 0 Å². The molecule has 0 aliphatic carbocycles. The van der Waals surface area contributed by atoms with Crippen LogP contribution in [0.3, 0.4) is 0 Å². The van der Waals surface area contributed by atoms with Crippen LogP contribution in [0, 0.1) is 6.92 Å². The van der Waals surface area contributed by atoms with Crippen LogP contribution in [0.15, 0.2) is 15.7 Å². The molecule has 90 valence electrons. The first-order valence-electron chi connectivity index (χ1n) is 5.03. The van der Waals surface area contributed by atoms with E-state index in [2.05, 4.69) is 25.6 Å². The van der Waals surface area contributed by atoms with Crippen molar-refractivity contribution in [3.8, 4) is 0 Å². The average molecular weight is 268 g/mol. The van der Waals surface area contributed by atoms with E-state index in [-0.39, 0.29) is 0 Å². The van der Waals surface area contributed by atoms with Crippen molar-refractivity contribution in [2.45, 2.75) is 29.6 Å². The van der Waals surface area contributed by atoms with Crippen LogP contribution in [0.1, 0.15) is 17.5 Å². The molecule has 0 saturated heterocycles. The first-order chi connectivity index (χ1) is 8.24. The molecular formula is C9H12N6S2. The van der Waals surface area contributed by atoms with Gasteiger partial charge in [0, 0.05) is 5.56 Å². The number of hydrogen-bond donors (Lipinski definition) is 2. The Bertz CT molecular complexity index is 512. The molecule has 2 aromatic rings. The van der Waals surface area contributed by atoms with Gasteiger partial charge in [0.1, 0.15) is 22.2 Å². The summed E-state index contributed by atoms with van der Waals surface area (Å²) < 4.78 is 0.874. The Morgan fingerprint density at radius 3 is 2.82 bits per heavy atom. The largest absolute Gasteiger partial charge is 0.308 e. The molecule has 2 rings (SSSR count). The minimum absolute atomic E-state index is 0.659. The summed E-state index contributed by atoms with van der Waals surface area (Å²) >= 11 is 3.03. The fraction of sp³-hybridized carbons (Fsp3) is 0.333. The van der Waals surface area contributed by atoms with Crippen molar-refractivity contribution in [3.63, 3.8) is 0 Å². The van der Waals surface area contributed by atoms with Gasteiger partial charge in [-0.25, -0.2) is 15.8 Å². The summed E-state index contributed by atoms with van der Waals surface area (Å²) in [5.74, 6) is 6.08. The standard InChI is InChI=1S/C9H12N6S2/c1-3-6-7(13-10)11-4-12-8(6)17-9-15-14-5(2)16-9/h4H,3,10H2,1-2H3,(H,11,12,13). The van der Waals surface area contributed by atoms with Crippen molar-refractivity contribution >= 4 is 28.9 Å². The van der Waals surface area contributed by atoms with Crippen molar-refractivity contribution in [2.75, 3.05) is 5.43 Å². The van der Waals surface area contributed by atoms with Crippen molar-refractivity contribution in [1.82, 2.24) is 20.2 Å². The van der Waals surface area contributed by atoms with Gasteiger partial charge in [-0.1, -0.05) is 18.3 Å². The highest BCUT2D eigenvalue weighted by Gasteiger charge is 2.12. The third kappa shape index (κ3) is 2.71. The second kappa shape index (κ2) is 5.39. The first kappa shape index (κ1) is 12.2. The Morgan fingerprint density at radius 1 is 1.41 bits per heavy atom. The molecule has 0 saturated carbocycles. The minimum atomic E-state index is 0.659. The van der Waals surface area contributed by atoms with E-state index < -0.39 is 0 Å². The third-order valence-electron chi connectivity index (χ3n) is 2.09. The monoisotopic (exact) mass is 268 g/mol. The van der Waals surface area contributed by atoms with E-state index >= 15 is 0 Å². The number of nitrogen functional groups attached to an aromatic ring is 1. The molecule has 0 amide bonds. The Kier molecular flexibility index (Phi) is 3.87. The Hall–Kier alpha value is -1.25. The first-order valence-corrected chi connectivity index (χ1v) is 6.66. The highest BCUT2D eigenvalue weighted by atomic mass is 32.2. The van der Waals surface area contributed by atoms with Gasteiger partial charge in [-0.15, -0.1) is 10.2 Å². The second-order valence-electron chi connectivity index (χ2n) is 3.19. The zero-order valence-corrected chi connectivity index (χ0v) is 11.1. The number of anilines is 1. The Balaban J connectivity index is 2.32. The lowest BCUT2D eigenvalue weighted by Crippen LogP contribution is -2.12. The molecule has 8 heteroatoms. The summed E-state index contributed by atoms with van der Waals surface area (Å²) in [7, 11) is 0. The van der Waals surface area contributed by atoms with Gasteiger partial charge >= 0.3 is 0 Å². The molecule has 0 bridgehead atoms. The molecule has 0 radical (unpaired) electrons. The van der Waals surface area contributed by atoms with Gasteiger partial charge in [0.2, 0.25) is 0 Å². The number of nitrogens with two attached hydrogens (primary N) is 1. The summed E-state index contributed by atoms with van der Waals surface area (Å²) in [6, 6.07) is 0. The van der Waals surface area contributed by atoms with Crippen molar-refractivity contribution in [2.24, 2.45) is 5.84 Å². The van der Waals surface area contributed by atoms with Crippen LogP contribution in [-0.4, -0.2) is 20.2 Å². The number of aryl methyl sites for hydroxylation is 1. The van der Waals surface area contributed by atoms with E-state index in [0.717, 1.165) is 26.4 Å². The van der Waals surface area contributed by atoms with E-state index in [1.54, 1.807) is 11.3 Å². The van der Waals surface area contributed by atoms with Crippen LogP contribution in [0.5, 0.6) is 0 Å². The minimum Gasteiger partial charge on any atom is -0.308 e. The maximum atomic E-state index is 5.42. The fourth-order valence-corrected chi connectivity index (χ4v) is 3.22. The molecule has 6 nitrogen and oxygen atoms in total. The van der Waals surface area contributed by atoms with Crippen LogP contribution in [-0.2, 0) is 6.42 Å². The normalized spacial score (nSPS) is 10.5. The summed E-state index contributed by atoms with van der Waals surface area (Å²) in [5, 5.41) is 9.84. The van der Waals surface area contributed by atoms with Crippen molar-refractivity contribution < 1.29 is 0 Å². The van der Waals surface area contributed by atoms with Gasteiger partial charge in [-0.2, -0.15) is 0 Å². The van der Waals surface area contributed by atoms with Gasteiger partial charge < -0.3 is 5.43 Å². The van der Waals surface area contributed by atoms with Crippen LogP contribution in [0.2, 0.25) is 0 Å². The number of hydrogen-bond acceptors (Lipinski definition) is 8. The molecule has 0 unspecified atom stereocenters. The smallest absolute Gasteiger partial charge is 0.180 e. The molecular weight excluding hydrogens is 256 g/mol. The maximum Gasteiger partial charge on any atom is 0.180 e. The topological polar surface area (TPSA) is 89.6 Å². The van der Waals surface area contributed by atoms with Crippen LogP contribution < -0.4 is 11.3 Å². The molecule has 2 heterocycles. The van der Waals surface area contributed by atoms with Gasteiger partial charge in [0.05, 0.1) is 0 Å². The molecule has 0 aliphatic rings. The highest BCUT2D eigenvalue weighted by Crippen LogP contribution is 2.32. The molecule has 0 atom stereocenters. The number of rotatable bonds is 4. The molecule has 0 spiro atoms. The van der Waals surface area contributed by atoms with Crippen LogP contribution >= 0.6 is 23.1 Å². The molecule has 17 heavy (non-hydrogen) atoms. The predicted octanol–water partition coefficient (Wildman–Crippen LogP) is 1.64. The lowest BCUT2D eigenvalue weighted by Gasteiger charge is -2.08. The lowest BCUT2D eigenvalue weighted by atomic mass is 10.2. The zero-order valence-electron chi connectivity index (χ0n) is 9.47.